The van der Waals surface area contributed by atoms with Crippen LogP contribution < -0.4 is 4.90 Å². The SMILES string of the molecule is Cc1nc(Br)cc(N(C)CCOC(C)C)n1. The fourth-order valence-corrected chi connectivity index (χ4v) is 1.71. The Kier molecular flexibility index (Phi) is 5.15. The molecule has 16 heavy (non-hydrogen) atoms. The largest absolute Gasteiger partial charge is 0.377 e. The first kappa shape index (κ1) is 13.4. The molecule has 0 amide bonds. The summed E-state index contributed by atoms with van der Waals surface area (Å²) in [6.45, 7) is 7.47. The molecular formula is C11H18BrN3O. The predicted molar refractivity (Wildman–Crippen MR) is 68.8 cm³/mol. The lowest BCUT2D eigenvalue weighted by molar-refractivity contribution is 0.0845. The number of rotatable bonds is 5. The van der Waals surface area contributed by atoms with Crippen LogP contribution in [0.5, 0.6) is 0 Å². The molecule has 1 heterocycles. The second-order valence-corrected chi connectivity index (χ2v) is 4.75. The summed E-state index contributed by atoms with van der Waals surface area (Å²) in [5, 5.41) is 0. The van der Waals surface area contributed by atoms with Crippen LogP contribution in [0.1, 0.15) is 19.7 Å². The molecule has 0 N–H and O–H groups in total. The van der Waals surface area contributed by atoms with Crippen molar-refractivity contribution in [3.05, 3.63) is 16.5 Å². The van der Waals surface area contributed by atoms with Gasteiger partial charge in [0.05, 0.1) is 12.7 Å². The second kappa shape index (κ2) is 6.15. The van der Waals surface area contributed by atoms with E-state index in [1.54, 1.807) is 0 Å². The molecule has 0 saturated heterocycles. The maximum Gasteiger partial charge on any atom is 0.133 e. The van der Waals surface area contributed by atoms with E-state index >= 15 is 0 Å². The average Bonchev–Trinajstić information content (AvgIpc) is 2.15. The Bertz CT molecular complexity index is 324. The van der Waals surface area contributed by atoms with E-state index in [0.29, 0.717) is 6.61 Å². The highest BCUT2D eigenvalue weighted by Gasteiger charge is 2.05. The number of anilines is 1. The highest BCUT2D eigenvalue weighted by atomic mass is 79.9. The van der Waals surface area contributed by atoms with Gasteiger partial charge in [0, 0.05) is 19.7 Å². The lowest BCUT2D eigenvalue weighted by Crippen LogP contribution is -2.25. The van der Waals surface area contributed by atoms with Gasteiger partial charge in [0.1, 0.15) is 16.2 Å². The Morgan fingerprint density at radius 1 is 1.44 bits per heavy atom. The summed E-state index contributed by atoms with van der Waals surface area (Å²) < 4.78 is 6.31. The molecule has 1 rings (SSSR count). The van der Waals surface area contributed by atoms with Crippen LogP contribution in [0.3, 0.4) is 0 Å². The van der Waals surface area contributed by atoms with Crippen molar-refractivity contribution in [3.8, 4) is 0 Å². The Labute approximate surface area is 105 Å². The molecule has 1 aromatic rings. The molecule has 5 heteroatoms. The van der Waals surface area contributed by atoms with Gasteiger partial charge in [-0.15, -0.1) is 0 Å². The van der Waals surface area contributed by atoms with Crippen molar-refractivity contribution in [2.24, 2.45) is 0 Å². The van der Waals surface area contributed by atoms with Crippen molar-refractivity contribution < 1.29 is 4.74 Å². The molecule has 0 saturated carbocycles. The van der Waals surface area contributed by atoms with Crippen molar-refractivity contribution in [2.45, 2.75) is 26.9 Å². The van der Waals surface area contributed by atoms with Crippen LogP contribution in [0.25, 0.3) is 0 Å². The predicted octanol–water partition coefficient (Wildman–Crippen LogP) is 2.41. The minimum Gasteiger partial charge on any atom is -0.377 e. The number of aryl methyl sites for hydroxylation is 1. The van der Waals surface area contributed by atoms with Crippen molar-refractivity contribution >= 4 is 21.7 Å². The Morgan fingerprint density at radius 3 is 2.69 bits per heavy atom. The average molecular weight is 288 g/mol. The smallest absolute Gasteiger partial charge is 0.133 e. The van der Waals surface area contributed by atoms with Gasteiger partial charge in [0.25, 0.3) is 0 Å². The lowest BCUT2D eigenvalue weighted by Gasteiger charge is -2.19. The van der Waals surface area contributed by atoms with Crippen LogP contribution in [0, 0.1) is 6.92 Å². The third-order valence-corrected chi connectivity index (χ3v) is 2.47. The Balaban J connectivity index is 2.55. The first-order chi connectivity index (χ1) is 7.49. The highest BCUT2D eigenvalue weighted by Crippen LogP contribution is 2.14. The molecule has 0 atom stereocenters. The molecule has 0 unspecified atom stereocenters. The van der Waals surface area contributed by atoms with Crippen LogP contribution >= 0.6 is 15.9 Å². The molecule has 0 fully saturated rings. The molecular weight excluding hydrogens is 270 g/mol. The molecule has 4 nitrogen and oxygen atoms in total. The van der Waals surface area contributed by atoms with Gasteiger partial charge in [-0.2, -0.15) is 0 Å². The molecule has 0 spiro atoms. The van der Waals surface area contributed by atoms with E-state index in [4.69, 9.17) is 4.74 Å². The Hall–Kier alpha value is -0.680. The van der Waals surface area contributed by atoms with E-state index in [0.717, 1.165) is 22.8 Å². The van der Waals surface area contributed by atoms with Gasteiger partial charge in [0.2, 0.25) is 0 Å². The fourth-order valence-electron chi connectivity index (χ4n) is 1.25. The van der Waals surface area contributed by atoms with Crippen molar-refractivity contribution in [3.63, 3.8) is 0 Å². The summed E-state index contributed by atoms with van der Waals surface area (Å²) in [6.07, 6.45) is 0.271. The number of halogens is 1. The number of hydrogen-bond donors (Lipinski definition) is 0. The maximum atomic E-state index is 5.50. The molecule has 0 aromatic carbocycles. The number of ether oxygens (including phenoxy) is 1. The first-order valence-electron chi connectivity index (χ1n) is 5.33. The van der Waals surface area contributed by atoms with E-state index in [-0.39, 0.29) is 6.10 Å². The van der Waals surface area contributed by atoms with Crippen LogP contribution in [0.15, 0.2) is 10.7 Å². The monoisotopic (exact) mass is 287 g/mol. The number of nitrogens with zero attached hydrogens (tertiary/aromatic N) is 3. The Morgan fingerprint density at radius 2 is 2.12 bits per heavy atom. The summed E-state index contributed by atoms with van der Waals surface area (Å²) in [7, 11) is 2.00. The third-order valence-electron chi connectivity index (χ3n) is 2.06. The van der Waals surface area contributed by atoms with Crippen LogP contribution in [0.4, 0.5) is 5.82 Å². The van der Waals surface area contributed by atoms with Gasteiger partial charge in [-0.1, -0.05) is 0 Å². The standard InChI is InChI=1S/C11H18BrN3O/c1-8(2)16-6-5-15(4)11-7-10(12)13-9(3)14-11/h7-8H,5-6H2,1-4H3. The molecule has 0 aliphatic heterocycles. The summed E-state index contributed by atoms with van der Waals surface area (Å²) in [5.74, 6) is 1.67. The molecule has 90 valence electrons. The quantitative estimate of drug-likeness (QED) is 0.780. The number of likely N-dealkylation sites (N-methyl/N-ethyl adjacent to an activating group) is 1. The van der Waals surface area contributed by atoms with Gasteiger partial charge in [0.15, 0.2) is 0 Å². The van der Waals surface area contributed by atoms with Crippen molar-refractivity contribution in [1.29, 1.82) is 0 Å². The zero-order valence-corrected chi connectivity index (χ0v) is 11.8. The van der Waals surface area contributed by atoms with Gasteiger partial charge in [-0.25, -0.2) is 9.97 Å². The van der Waals surface area contributed by atoms with Gasteiger partial charge in [-0.05, 0) is 36.7 Å². The molecule has 0 aliphatic carbocycles. The topological polar surface area (TPSA) is 38.2 Å². The normalized spacial score (nSPS) is 10.9. The van der Waals surface area contributed by atoms with E-state index < -0.39 is 0 Å². The maximum absolute atomic E-state index is 5.50. The first-order valence-corrected chi connectivity index (χ1v) is 6.12. The van der Waals surface area contributed by atoms with Gasteiger partial charge >= 0.3 is 0 Å². The van der Waals surface area contributed by atoms with E-state index in [1.165, 1.54) is 0 Å². The van der Waals surface area contributed by atoms with E-state index in [2.05, 4.69) is 30.8 Å². The molecule has 0 aliphatic rings. The minimum atomic E-state index is 0.271. The zero-order chi connectivity index (χ0) is 12.1. The molecule has 1 aromatic heterocycles. The van der Waals surface area contributed by atoms with Gasteiger partial charge in [-0.3, -0.25) is 0 Å². The fraction of sp³-hybridized carbons (Fsp3) is 0.636. The zero-order valence-electron chi connectivity index (χ0n) is 10.2. The van der Waals surface area contributed by atoms with Crippen LogP contribution in [-0.4, -0.2) is 36.3 Å². The van der Waals surface area contributed by atoms with Crippen LogP contribution in [-0.2, 0) is 4.74 Å². The van der Waals surface area contributed by atoms with E-state index in [1.807, 2.05) is 33.9 Å². The summed E-state index contributed by atoms with van der Waals surface area (Å²) in [4.78, 5) is 10.6. The lowest BCUT2D eigenvalue weighted by atomic mass is 10.4. The highest BCUT2D eigenvalue weighted by molar-refractivity contribution is 9.10. The second-order valence-electron chi connectivity index (χ2n) is 3.94. The summed E-state index contributed by atoms with van der Waals surface area (Å²) >= 11 is 3.36. The van der Waals surface area contributed by atoms with Crippen LogP contribution in [0.2, 0.25) is 0 Å². The van der Waals surface area contributed by atoms with Gasteiger partial charge < -0.3 is 9.64 Å². The molecule has 0 bridgehead atoms. The summed E-state index contributed by atoms with van der Waals surface area (Å²) in [5.41, 5.74) is 0. The number of aromatic nitrogens is 2. The summed E-state index contributed by atoms with van der Waals surface area (Å²) in [6, 6.07) is 1.91. The third kappa shape index (κ3) is 4.45. The molecule has 0 radical (unpaired) electrons. The van der Waals surface area contributed by atoms with E-state index in [9.17, 15) is 0 Å². The number of hydrogen-bond acceptors (Lipinski definition) is 4. The minimum absolute atomic E-state index is 0.271. The van der Waals surface area contributed by atoms with Crippen molar-refractivity contribution in [1.82, 2.24) is 9.97 Å². The van der Waals surface area contributed by atoms with Crippen molar-refractivity contribution in [2.75, 3.05) is 25.1 Å².